The first kappa shape index (κ1) is 23.9. The molecule has 32 heavy (non-hydrogen) atoms. The second-order valence-corrected chi connectivity index (χ2v) is 8.90. The number of halogens is 2. The van der Waals surface area contributed by atoms with Gasteiger partial charge in [-0.25, -0.2) is 0 Å². The number of rotatable bonds is 5. The number of aryl methyl sites for hydroxylation is 1. The van der Waals surface area contributed by atoms with Crippen molar-refractivity contribution < 1.29 is 14.3 Å². The zero-order valence-corrected chi connectivity index (χ0v) is 20.9. The van der Waals surface area contributed by atoms with Crippen molar-refractivity contribution in [3.63, 3.8) is 0 Å². The summed E-state index contributed by atoms with van der Waals surface area (Å²) in [5, 5.41) is 2.41. The quantitative estimate of drug-likeness (QED) is 0.297. The van der Waals surface area contributed by atoms with Gasteiger partial charge in [0.05, 0.1) is 4.47 Å². The van der Waals surface area contributed by atoms with E-state index in [9.17, 15) is 9.59 Å². The van der Waals surface area contributed by atoms with Gasteiger partial charge in [-0.3, -0.25) is 25.8 Å². The zero-order chi connectivity index (χ0) is 23.1. The highest BCUT2D eigenvalue weighted by atomic mass is 79.9. The molecule has 164 valence electrons. The molecule has 0 radical (unpaired) electrons. The lowest BCUT2D eigenvalue weighted by atomic mass is 10.0. The molecule has 0 aliphatic rings. The Kier molecular flexibility index (Phi) is 8.38. The molecule has 3 aromatic rings. The fourth-order valence-corrected chi connectivity index (χ4v) is 4.55. The van der Waals surface area contributed by atoms with E-state index in [1.165, 1.54) is 0 Å². The molecule has 9 heteroatoms. The number of carbonyl (C=O) groups excluding carboxylic acids is 2. The molecule has 0 bridgehead atoms. The molecule has 0 spiro atoms. The molecule has 0 unspecified atom stereocenters. The van der Waals surface area contributed by atoms with Crippen LogP contribution < -0.4 is 20.9 Å². The number of thiocarbonyl (C=S) groups is 1. The van der Waals surface area contributed by atoms with Gasteiger partial charge in [0.1, 0.15) is 5.75 Å². The second kappa shape index (κ2) is 11.2. The third-order valence-electron chi connectivity index (χ3n) is 4.34. The summed E-state index contributed by atoms with van der Waals surface area (Å²) in [6, 6.07) is 20.7. The first-order valence-corrected chi connectivity index (χ1v) is 11.5. The van der Waals surface area contributed by atoms with Gasteiger partial charge in [-0.05, 0) is 76.0 Å². The fourth-order valence-electron chi connectivity index (χ4n) is 2.83. The van der Waals surface area contributed by atoms with Crippen molar-refractivity contribution in [3.8, 4) is 16.9 Å². The van der Waals surface area contributed by atoms with Crippen molar-refractivity contribution in [1.29, 1.82) is 0 Å². The Labute approximate surface area is 208 Å². The lowest BCUT2D eigenvalue weighted by Crippen LogP contribution is -2.49. The van der Waals surface area contributed by atoms with Crippen LogP contribution >= 0.6 is 44.1 Å². The maximum atomic E-state index is 12.3. The van der Waals surface area contributed by atoms with E-state index in [2.05, 4.69) is 48.0 Å². The van der Waals surface area contributed by atoms with Crippen LogP contribution in [0.5, 0.6) is 5.75 Å². The van der Waals surface area contributed by atoms with Gasteiger partial charge < -0.3 is 4.74 Å². The van der Waals surface area contributed by atoms with E-state index >= 15 is 0 Å². The molecular formula is C23H19Br2N3O3S. The average molecular weight is 577 g/mol. The van der Waals surface area contributed by atoms with E-state index in [4.69, 9.17) is 17.0 Å². The summed E-state index contributed by atoms with van der Waals surface area (Å²) in [7, 11) is 0. The molecule has 0 atom stereocenters. The number of hydrogen-bond donors (Lipinski definition) is 3. The average Bonchev–Trinajstić information content (AvgIpc) is 2.77. The molecule has 3 aromatic carbocycles. The lowest BCUT2D eigenvalue weighted by Gasteiger charge is -2.13. The number of benzene rings is 3. The van der Waals surface area contributed by atoms with Gasteiger partial charge in [0.25, 0.3) is 11.8 Å². The summed E-state index contributed by atoms with van der Waals surface area (Å²) in [5.74, 6) is -0.278. The summed E-state index contributed by atoms with van der Waals surface area (Å²) in [4.78, 5) is 24.4. The van der Waals surface area contributed by atoms with Crippen LogP contribution in [0.25, 0.3) is 11.1 Å². The summed E-state index contributed by atoms with van der Waals surface area (Å²) in [6.07, 6.45) is 0. The standard InChI is InChI=1S/C23H19Br2N3O3S/c1-14-11-18(24)12-19(25)21(14)31-13-20(29)26-23(32)28-27-22(30)17-9-7-16(8-10-17)15-5-3-2-4-6-15/h2-12H,13H2,1H3,(H,27,30)(H2,26,28,29,32). The van der Waals surface area contributed by atoms with Gasteiger partial charge in [-0.15, -0.1) is 0 Å². The van der Waals surface area contributed by atoms with Crippen LogP contribution in [0.15, 0.2) is 75.7 Å². The van der Waals surface area contributed by atoms with Gasteiger partial charge in [0.2, 0.25) is 0 Å². The smallest absolute Gasteiger partial charge is 0.269 e. The predicted octanol–water partition coefficient (Wildman–Crippen LogP) is 4.90. The van der Waals surface area contributed by atoms with Crippen LogP contribution in [-0.4, -0.2) is 23.5 Å². The largest absolute Gasteiger partial charge is 0.482 e. The first-order valence-electron chi connectivity index (χ1n) is 9.47. The van der Waals surface area contributed by atoms with Crippen LogP contribution in [0.1, 0.15) is 15.9 Å². The van der Waals surface area contributed by atoms with Gasteiger partial charge in [-0.1, -0.05) is 58.4 Å². The van der Waals surface area contributed by atoms with Crippen molar-refractivity contribution in [2.75, 3.05) is 6.61 Å². The molecule has 6 nitrogen and oxygen atoms in total. The number of hydrogen-bond acceptors (Lipinski definition) is 4. The minimum atomic E-state index is -0.460. The Balaban J connectivity index is 1.46. The molecule has 0 saturated carbocycles. The van der Waals surface area contributed by atoms with Gasteiger partial charge >= 0.3 is 0 Å². The fraction of sp³-hybridized carbons (Fsp3) is 0.0870. The Bertz CT molecular complexity index is 1120. The van der Waals surface area contributed by atoms with E-state index in [0.717, 1.165) is 25.6 Å². The molecule has 2 amide bonds. The maximum absolute atomic E-state index is 12.3. The van der Waals surface area contributed by atoms with Crippen LogP contribution in [0.4, 0.5) is 0 Å². The molecule has 0 aromatic heterocycles. The highest BCUT2D eigenvalue weighted by Crippen LogP contribution is 2.32. The molecular weight excluding hydrogens is 558 g/mol. The molecule has 0 aliphatic heterocycles. The number of carbonyl (C=O) groups is 2. The minimum Gasteiger partial charge on any atom is -0.482 e. The van der Waals surface area contributed by atoms with Gasteiger partial charge in [0.15, 0.2) is 11.7 Å². The van der Waals surface area contributed by atoms with Crippen LogP contribution in [0.3, 0.4) is 0 Å². The Morgan fingerprint density at radius 1 is 0.938 bits per heavy atom. The van der Waals surface area contributed by atoms with E-state index in [1.807, 2.05) is 61.5 Å². The highest BCUT2D eigenvalue weighted by molar-refractivity contribution is 9.11. The topological polar surface area (TPSA) is 79.5 Å². The predicted molar refractivity (Wildman–Crippen MR) is 135 cm³/mol. The molecule has 0 saturated heterocycles. The van der Waals surface area contributed by atoms with Gasteiger partial charge in [-0.2, -0.15) is 0 Å². The molecule has 0 heterocycles. The van der Waals surface area contributed by atoms with Crippen molar-refractivity contribution in [2.45, 2.75) is 6.92 Å². The highest BCUT2D eigenvalue weighted by Gasteiger charge is 2.12. The number of ether oxygens (including phenoxy) is 1. The van der Waals surface area contributed by atoms with Gasteiger partial charge in [0, 0.05) is 10.0 Å². The monoisotopic (exact) mass is 575 g/mol. The van der Waals surface area contributed by atoms with Crippen molar-refractivity contribution in [3.05, 3.63) is 86.8 Å². The lowest BCUT2D eigenvalue weighted by molar-refractivity contribution is -0.121. The minimum absolute atomic E-state index is 0.0422. The summed E-state index contributed by atoms with van der Waals surface area (Å²) in [6.45, 7) is 1.63. The van der Waals surface area contributed by atoms with Crippen LogP contribution in [-0.2, 0) is 4.79 Å². The maximum Gasteiger partial charge on any atom is 0.269 e. The Hall–Kier alpha value is -2.75. The Morgan fingerprint density at radius 3 is 2.25 bits per heavy atom. The first-order chi connectivity index (χ1) is 15.3. The zero-order valence-electron chi connectivity index (χ0n) is 16.9. The van der Waals surface area contributed by atoms with Crippen molar-refractivity contribution >= 4 is 61.0 Å². The summed E-state index contributed by atoms with van der Waals surface area (Å²) < 4.78 is 7.20. The normalized spacial score (nSPS) is 10.2. The third-order valence-corrected chi connectivity index (χ3v) is 5.59. The van der Waals surface area contributed by atoms with E-state index < -0.39 is 5.91 Å². The summed E-state index contributed by atoms with van der Waals surface area (Å²) in [5.41, 5.74) is 8.36. The third kappa shape index (κ3) is 6.62. The van der Waals surface area contributed by atoms with Crippen LogP contribution in [0, 0.1) is 6.92 Å². The number of nitrogens with one attached hydrogen (secondary N) is 3. The van der Waals surface area contributed by atoms with E-state index in [0.29, 0.717) is 11.3 Å². The Morgan fingerprint density at radius 2 is 1.59 bits per heavy atom. The molecule has 0 aliphatic carbocycles. The number of amides is 2. The van der Waals surface area contributed by atoms with E-state index in [1.54, 1.807) is 12.1 Å². The second-order valence-electron chi connectivity index (χ2n) is 6.72. The van der Waals surface area contributed by atoms with E-state index in [-0.39, 0.29) is 17.6 Å². The SMILES string of the molecule is Cc1cc(Br)cc(Br)c1OCC(=O)NC(=S)NNC(=O)c1ccc(-c2ccccc2)cc1. The summed E-state index contributed by atoms with van der Waals surface area (Å²) >= 11 is 11.9. The number of hydrazine groups is 1. The van der Waals surface area contributed by atoms with Crippen molar-refractivity contribution in [1.82, 2.24) is 16.2 Å². The van der Waals surface area contributed by atoms with Crippen LogP contribution in [0.2, 0.25) is 0 Å². The van der Waals surface area contributed by atoms with Crippen molar-refractivity contribution in [2.24, 2.45) is 0 Å². The molecule has 0 fully saturated rings. The molecule has 3 N–H and O–H groups in total. The molecule has 3 rings (SSSR count).